The van der Waals surface area contributed by atoms with Gasteiger partial charge in [0, 0.05) is 22.9 Å². The molecule has 0 aliphatic carbocycles. The predicted molar refractivity (Wildman–Crippen MR) is 93.4 cm³/mol. The lowest BCUT2D eigenvalue weighted by molar-refractivity contribution is -0.0795. The molecule has 2 heterocycles. The van der Waals surface area contributed by atoms with Crippen molar-refractivity contribution in [3.63, 3.8) is 0 Å². The number of fused-ring (bicyclic) bond motifs is 3. The number of hydrogen-bond donors (Lipinski definition) is 2. The number of aliphatic hydroxyl groups excluding tert-OH is 1. The Hall–Kier alpha value is -0.840. The standard InChI is InChI=1S/C18H24BrNO2/c1-4-18(6-7-21)17-13(5-8-22-18)14-9-12(11(2)3)10-15(19)16(14)20-17/h9-11,20-21H,4-8H2,1-3H3. The van der Waals surface area contributed by atoms with Crippen LogP contribution in [0.4, 0.5) is 0 Å². The van der Waals surface area contributed by atoms with Crippen LogP contribution in [0.25, 0.3) is 10.9 Å². The molecule has 120 valence electrons. The summed E-state index contributed by atoms with van der Waals surface area (Å²) < 4.78 is 7.23. The third kappa shape index (κ3) is 2.41. The van der Waals surface area contributed by atoms with Crippen LogP contribution in [0.2, 0.25) is 0 Å². The third-order valence-corrected chi connectivity index (χ3v) is 5.55. The summed E-state index contributed by atoms with van der Waals surface area (Å²) in [6.45, 7) is 7.43. The van der Waals surface area contributed by atoms with Crippen molar-refractivity contribution in [2.75, 3.05) is 13.2 Å². The van der Waals surface area contributed by atoms with Gasteiger partial charge in [-0.15, -0.1) is 0 Å². The second kappa shape index (κ2) is 5.99. The SMILES string of the molecule is CCC1(CCO)OCCc2c1[nH]c1c(Br)cc(C(C)C)cc21. The number of hydrogen-bond acceptors (Lipinski definition) is 2. The fourth-order valence-electron chi connectivity index (χ4n) is 3.56. The largest absolute Gasteiger partial charge is 0.396 e. The van der Waals surface area contributed by atoms with Gasteiger partial charge in [0.25, 0.3) is 0 Å². The quantitative estimate of drug-likeness (QED) is 0.830. The summed E-state index contributed by atoms with van der Waals surface area (Å²) in [6, 6.07) is 4.51. The van der Waals surface area contributed by atoms with Crippen molar-refractivity contribution in [1.29, 1.82) is 0 Å². The van der Waals surface area contributed by atoms with Crippen LogP contribution in [0.5, 0.6) is 0 Å². The van der Waals surface area contributed by atoms with Gasteiger partial charge in [-0.1, -0.05) is 20.8 Å². The lowest BCUT2D eigenvalue weighted by Crippen LogP contribution is -2.36. The van der Waals surface area contributed by atoms with E-state index in [1.807, 2.05) is 0 Å². The molecule has 1 atom stereocenters. The number of aromatic amines is 1. The Morgan fingerprint density at radius 2 is 2.18 bits per heavy atom. The van der Waals surface area contributed by atoms with Crippen LogP contribution in [0.15, 0.2) is 16.6 Å². The molecule has 1 aromatic heterocycles. The van der Waals surface area contributed by atoms with Gasteiger partial charge in [0.2, 0.25) is 0 Å². The Labute approximate surface area is 140 Å². The molecule has 0 saturated heterocycles. The van der Waals surface area contributed by atoms with Crippen molar-refractivity contribution in [1.82, 2.24) is 4.98 Å². The van der Waals surface area contributed by atoms with Crippen molar-refractivity contribution < 1.29 is 9.84 Å². The molecule has 2 aromatic rings. The van der Waals surface area contributed by atoms with E-state index in [1.54, 1.807) is 0 Å². The highest BCUT2D eigenvalue weighted by molar-refractivity contribution is 9.10. The average molecular weight is 366 g/mol. The summed E-state index contributed by atoms with van der Waals surface area (Å²) in [7, 11) is 0. The number of benzene rings is 1. The molecule has 0 fully saturated rings. The van der Waals surface area contributed by atoms with Crippen LogP contribution in [0, 0.1) is 0 Å². The van der Waals surface area contributed by atoms with Gasteiger partial charge in [0.05, 0.1) is 17.8 Å². The van der Waals surface area contributed by atoms with Gasteiger partial charge in [0.15, 0.2) is 0 Å². The van der Waals surface area contributed by atoms with Crippen LogP contribution in [-0.4, -0.2) is 23.3 Å². The molecule has 0 spiro atoms. The summed E-state index contributed by atoms with van der Waals surface area (Å²) in [5, 5.41) is 10.8. The summed E-state index contributed by atoms with van der Waals surface area (Å²) in [4.78, 5) is 3.59. The highest BCUT2D eigenvalue weighted by Gasteiger charge is 2.38. The maximum atomic E-state index is 9.48. The predicted octanol–water partition coefficient (Wildman–Crippen LogP) is 4.61. The van der Waals surface area contributed by atoms with Crippen molar-refractivity contribution in [3.05, 3.63) is 33.4 Å². The van der Waals surface area contributed by atoms with E-state index in [0.29, 0.717) is 12.3 Å². The molecule has 0 radical (unpaired) electrons. The second-order valence-corrected chi connectivity index (χ2v) is 7.33. The lowest BCUT2D eigenvalue weighted by atomic mass is 9.86. The van der Waals surface area contributed by atoms with Gasteiger partial charge < -0.3 is 14.8 Å². The molecule has 0 saturated carbocycles. The van der Waals surface area contributed by atoms with Gasteiger partial charge in [-0.2, -0.15) is 0 Å². The molecule has 1 aromatic carbocycles. The summed E-state index contributed by atoms with van der Waals surface area (Å²) in [5.41, 5.74) is 4.64. The fourth-order valence-corrected chi connectivity index (χ4v) is 4.14. The number of aromatic nitrogens is 1. The van der Waals surface area contributed by atoms with E-state index in [2.05, 4.69) is 53.8 Å². The zero-order chi connectivity index (χ0) is 15.9. The molecule has 1 aliphatic rings. The minimum Gasteiger partial charge on any atom is -0.396 e. The first kappa shape index (κ1) is 16.0. The Morgan fingerprint density at radius 3 is 2.82 bits per heavy atom. The summed E-state index contributed by atoms with van der Waals surface area (Å²) >= 11 is 3.72. The minimum atomic E-state index is -0.376. The monoisotopic (exact) mass is 365 g/mol. The van der Waals surface area contributed by atoms with E-state index < -0.39 is 0 Å². The van der Waals surface area contributed by atoms with Crippen LogP contribution < -0.4 is 0 Å². The van der Waals surface area contributed by atoms with Gasteiger partial charge in [-0.25, -0.2) is 0 Å². The van der Waals surface area contributed by atoms with Crippen LogP contribution >= 0.6 is 15.9 Å². The molecule has 3 nitrogen and oxygen atoms in total. The van der Waals surface area contributed by atoms with E-state index in [4.69, 9.17) is 4.74 Å². The Balaban J connectivity index is 2.25. The first-order chi connectivity index (χ1) is 10.5. The normalized spacial score (nSPS) is 21.5. The van der Waals surface area contributed by atoms with E-state index >= 15 is 0 Å². The molecule has 3 rings (SSSR count). The average Bonchev–Trinajstić information content (AvgIpc) is 2.88. The Kier molecular flexibility index (Phi) is 4.36. The zero-order valence-electron chi connectivity index (χ0n) is 13.5. The molecule has 2 N–H and O–H groups in total. The molecular weight excluding hydrogens is 342 g/mol. The third-order valence-electron chi connectivity index (χ3n) is 4.93. The molecule has 1 aliphatic heterocycles. The topological polar surface area (TPSA) is 45.2 Å². The fraction of sp³-hybridized carbons (Fsp3) is 0.556. The molecule has 0 bridgehead atoms. The van der Waals surface area contributed by atoms with Gasteiger partial charge in [0.1, 0.15) is 5.60 Å². The smallest absolute Gasteiger partial charge is 0.110 e. The van der Waals surface area contributed by atoms with Gasteiger partial charge in [-0.3, -0.25) is 0 Å². The second-order valence-electron chi connectivity index (χ2n) is 6.48. The van der Waals surface area contributed by atoms with E-state index in [-0.39, 0.29) is 12.2 Å². The van der Waals surface area contributed by atoms with Crippen LogP contribution in [0.1, 0.15) is 56.4 Å². The summed E-state index contributed by atoms with van der Waals surface area (Å²) in [6.07, 6.45) is 2.43. The van der Waals surface area contributed by atoms with Crippen molar-refractivity contribution >= 4 is 26.8 Å². The molecule has 1 unspecified atom stereocenters. The lowest BCUT2D eigenvalue weighted by Gasteiger charge is -2.36. The summed E-state index contributed by atoms with van der Waals surface area (Å²) in [5.74, 6) is 0.500. The first-order valence-electron chi connectivity index (χ1n) is 8.11. The maximum Gasteiger partial charge on any atom is 0.110 e. The van der Waals surface area contributed by atoms with E-state index in [0.717, 1.165) is 35.1 Å². The Bertz CT molecular complexity index is 692. The number of aliphatic hydroxyl groups is 1. The van der Waals surface area contributed by atoms with Crippen molar-refractivity contribution in [3.8, 4) is 0 Å². The van der Waals surface area contributed by atoms with Crippen LogP contribution in [-0.2, 0) is 16.8 Å². The number of halogens is 1. The zero-order valence-corrected chi connectivity index (χ0v) is 15.1. The first-order valence-corrected chi connectivity index (χ1v) is 8.91. The van der Waals surface area contributed by atoms with Crippen molar-refractivity contribution in [2.24, 2.45) is 0 Å². The molecule has 22 heavy (non-hydrogen) atoms. The van der Waals surface area contributed by atoms with E-state index in [9.17, 15) is 5.11 Å². The van der Waals surface area contributed by atoms with E-state index in [1.165, 1.54) is 16.5 Å². The highest BCUT2D eigenvalue weighted by Crippen LogP contribution is 2.43. The van der Waals surface area contributed by atoms with Gasteiger partial charge in [-0.05, 0) is 57.9 Å². The number of rotatable bonds is 4. The number of ether oxygens (including phenoxy) is 1. The van der Waals surface area contributed by atoms with Crippen LogP contribution in [0.3, 0.4) is 0 Å². The van der Waals surface area contributed by atoms with Gasteiger partial charge >= 0.3 is 0 Å². The number of H-pyrrole nitrogens is 1. The maximum absolute atomic E-state index is 9.48. The molecule has 0 amide bonds. The number of nitrogens with one attached hydrogen (secondary N) is 1. The van der Waals surface area contributed by atoms with Crippen molar-refractivity contribution in [2.45, 2.75) is 51.6 Å². The Morgan fingerprint density at radius 1 is 1.41 bits per heavy atom. The molecule has 4 heteroatoms. The highest BCUT2D eigenvalue weighted by atomic mass is 79.9. The minimum absolute atomic E-state index is 0.140. The molecular formula is C18H24BrNO2.